The van der Waals surface area contributed by atoms with Crippen molar-refractivity contribution in [3.05, 3.63) is 35.5 Å². The molecular weight excluding hydrogens is 344 g/mol. The maximum absolute atomic E-state index is 11.5. The van der Waals surface area contributed by atoms with Crippen LogP contribution in [0, 0.1) is 11.3 Å². The Bertz CT molecular complexity index is 768. The van der Waals surface area contributed by atoms with Gasteiger partial charge in [-0.25, -0.2) is 9.79 Å². The number of hydrogen-bond acceptors (Lipinski definition) is 8. The number of hydrogen-bond donors (Lipinski definition) is 1. The summed E-state index contributed by atoms with van der Waals surface area (Å²) in [6.07, 6.45) is 4.52. The Balaban J connectivity index is 2.01. The minimum Gasteiger partial charge on any atom is -0.462 e. The first-order valence-electron chi connectivity index (χ1n) is 7.25. The number of hydrazone groups is 1. The van der Waals surface area contributed by atoms with Crippen molar-refractivity contribution in [2.45, 2.75) is 6.92 Å². The predicted molar refractivity (Wildman–Crippen MR) is 94.6 cm³/mol. The van der Waals surface area contributed by atoms with E-state index in [1.54, 1.807) is 37.6 Å². The third-order valence-corrected chi connectivity index (χ3v) is 3.47. The number of carbonyl (C=O) groups excluding carboxylic acids is 1. The SMILES string of the molecule is CCOC(=O)/C(C#N)=C/N=C(N/N=C\c1ccc2c(c1)OCO2)SC. The van der Waals surface area contributed by atoms with Crippen LogP contribution in [0.4, 0.5) is 0 Å². The Labute approximate surface area is 149 Å². The summed E-state index contributed by atoms with van der Waals surface area (Å²) >= 11 is 1.28. The number of amidine groups is 1. The number of carbonyl (C=O) groups is 1. The number of rotatable bonds is 5. The first-order chi connectivity index (χ1) is 12.2. The smallest absolute Gasteiger partial charge is 0.350 e. The van der Waals surface area contributed by atoms with Crippen LogP contribution in [0.15, 0.2) is 40.1 Å². The normalized spacial score (nSPS) is 13.6. The average molecular weight is 360 g/mol. The lowest BCUT2D eigenvalue weighted by Crippen LogP contribution is -2.13. The topological polar surface area (TPSA) is 105 Å². The molecule has 1 aromatic carbocycles. The van der Waals surface area contributed by atoms with Gasteiger partial charge in [0.05, 0.1) is 19.0 Å². The number of esters is 1. The molecule has 0 saturated carbocycles. The number of aliphatic imine (C=N–C) groups is 1. The van der Waals surface area contributed by atoms with Gasteiger partial charge in [0.15, 0.2) is 22.2 Å². The van der Waals surface area contributed by atoms with Crippen LogP contribution in [0.5, 0.6) is 11.5 Å². The minimum absolute atomic E-state index is 0.185. The molecule has 9 heteroatoms. The minimum atomic E-state index is -0.710. The average Bonchev–Trinajstić information content (AvgIpc) is 3.08. The van der Waals surface area contributed by atoms with Crippen LogP contribution in [0.25, 0.3) is 0 Å². The van der Waals surface area contributed by atoms with Gasteiger partial charge < -0.3 is 14.2 Å². The summed E-state index contributed by atoms with van der Waals surface area (Å²) in [5.74, 6) is 0.654. The van der Waals surface area contributed by atoms with Gasteiger partial charge in [-0.1, -0.05) is 11.8 Å². The van der Waals surface area contributed by atoms with Gasteiger partial charge in [0.25, 0.3) is 0 Å². The highest BCUT2D eigenvalue weighted by Crippen LogP contribution is 2.31. The third-order valence-electron chi connectivity index (χ3n) is 2.89. The summed E-state index contributed by atoms with van der Waals surface area (Å²) in [6, 6.07) is 7.19. The van der Waals surface area contributed by atoms with Gasteiger partial charge in [-0.2, -0.15) is 10.4 Å². The number of benzene rings is 1. The van der Waals surface area contributed by atoms with Gasteiger partial charge in [0, 0.05) is 0 Å². The summed E-state index contributed by atoms with van der Waals surface area (Å²) in [5, 5.41) is 13.4. The van der Waals surface area contributed by atoms with Crippen LogP contribution in [0.2, 0.25) is 0 Å². The predicted octanol–water partition coefficient (Wildman–Crippen LogP) is 2.03. The van der Waals surface area contributed by atoms with E-state index in [2.05, 4.69) is 15.5 Å². The Morgan fingerprint density at radius 2 is 2.28 bits per heavy atom. The number of nitriles is 1. The number of fused-ring (bicyclic) bond motifs is 1. The fraction of sp³-hybridized carbons (Fsp3) is 0.250. The molecule has 25 heavy (non-hydrogen) atoms. The van der Waals surface area contributed by atoms with Crippen LogP contribution in [-0.2, 0) is 9.53 Å². The van der Waals surface area contributed by atoms with Gasteiger partial charge in [0.2, 0.25) is 6.79 Å². The van der Waals surface area contributed by atoms with E-state index < -0.39 is 5.97 Å². The van der Waals surface area contributed by atoms with E-state index in [4.69, 9.17) is 19.5 Å². The highest BCUT2D eigenvalue weighted by atomic mass is 32.2. The van der Waals surface area contributed by atoms with Gasteiger partial charge in [-0.15, -0.1) is 0 Å². The number of nitrogens with zero attached hydrogens (tertiary/aromatic N) is 3. The molecule has 0 bridgehead atoms. The van der Waals surface area contributed by atoms with Crippen molar-refractivity contribution in [3.8, 4) is 17.6 Å². The van der Waals surface area contributed by atoms with Crippen molar-refractivity contribution in [3.63, 3.8) is 0 Å². The molecule has 0 aromatic heterocycles. The first-order valence-corrected chi connectivity index (χ1v) is 8.48. The van der Waals surface area contributed by atoms with Gasteiger partial charge in [-0.3, -0.25) is 5.43 Å². The molecule has 0 atom stereocenters. The Morgan fingerprint density at radius 1 is 1.48 bits per heavy atom. The third kappa shape index (κ3) is 5.26. The summed E-state index contributed by atoms with van der Waals surface area (Å²) in [4.78, 5) is 15.5. The fourth-order valence-electron chi connectivity index (χ4n) is 1.74. The Kier molecular flexibility index (Phi) is 6.86. The van der Waals surface area contributed by atoms with E-state index in [0.717, 1.165) is 11.8 Å². The molecule has 1 aliphatic rings. The van der Waals surface area contributed by atoms with Crippen molar-refractivity contribution >= 4 is 29.1 Å². The number of ether oxygens (including phenoxy) is 3. The van der Waals surface area contributed by atoms with Gasteiger partial charge in [0.1, 0.15) is 6.07 Å². The Morgan fingerprint density at radius 3 is 3.00 bits per heavy atom. The monoisotopic (exact) mass is 360 g/mol. The standard InChI is InChI=1S/C16H16N4O4S/c1-3-22-15(21)12(7-17)9-18-16(25-2)20-19-8-11-4-5-13-14(6-11)24-10-23-13/h4-6,8-9H,3,10H2,1-2H3,(H,18,20)/b12-9+,19-8-. The second-order valence-electron chi connectivity index (χ2n) is 4.50. The van der Waals surface area contributed by atoms with Crippen molar-refractivity contribution < 1.29 is 19.0 Å². The highest BCUT2D eigenvalue weighted by Gasteiger charge is 2.12. The molecule has 1 aromatic rings. The lowest BCUT2D eigenvalue weighted by atomic mass is 10.2. The molecule has 0 aliphatic carbocycles. The molecule has 1 aliphatic heterocycles. The molecule has 0 radical (unpaired) electrons. The van der Waals surface area contributed by atoms with Crippen molar-refractivity contribution in [2.75, 3.05) is 19.7 Å². The van der Waals surface area contributed by atoms with Crippen molar-refractivity contribution in [1.82, 2.24) is 5.43 Å². The van der Waals surface area contributed by atoms with E-state index in [1.165, 1.54) is 11.8 Å². The maximum Gasteiger partial charge on any atom is 0.350 e. The molecular formula is C16H16N4O4S. The van der Waals surface area contributed by atoms with Crippen LogP contribution >= 0.6 is 11.8 Å². The molecule has 0 amide bonds. The van der Waals surface area contributed by atoms with Crippen LogP contribution < -0.4 is 14.9 Å². The second kappa shape index (κ2) is 9.34. The maximum atomic E-state index is 11.5. The Hall–Kier alpha value is -2.99. The summed E-state index contributed by atoms with van der Waals surface area (Å²) < 4.78 is 15.3. The molecule has 0 saturated heterocycles. The molecule has 0 unspecified atom stereocenters. The number of nitrogens with one attached hydrogen (secondary N) is 1. The van der Waals surface area contributed by atoms with E-state index in [9.17, 15) is 4.79 Å². The lowest BCUT2D eigenvalue weighted by molar-refractivity contribution is -0.138. The highest BCUT2D eigenvalue weighted by molar-refractivity contribution is 8.13. The van der Waals surface area contributed by atoms with Crippen LogP contribution in [-0.4, -0.2) is 37.0 Å². The molecule has 8 nitrogen and oxygen atoms in total. The molecule has 1 N–H and O–H groups in total. The quantitative estimate of drug-likeness (QED) is 0.214. The van der Waals surface area contributed by atoms with Crippen LogP contribution in [0.1, 0.15) is 12.5 Å². The first kappa shape index (κ1) is 18.4. The molecule has 1 heterocycles. The molecule has 0 spiro atoms. The van der Waals surface area contributed by atoms with Crippen molar-refractivity contribution in [1.29, 1.82) is 5.26 Å². The van der Waals surface area contributed by atoms with Crippen LogP contribution in [0.3, 0.4) is 0 Å². The zero-order valence-corrected chi connectivity index (χ0v) is 14.5. The summed E-state index contributed by atoms with van der Waals surface area (Å²) in [7, 11) is 0. The summed E-state index contributed by atoms with van der Waals surface area (Å²) in [5.41, 5.74) is 3.37. The molecule has 0 fully saturated rings. The largest absolute Gasteiger partial charge is 0.462 e. The number of thioether (sulfide) groups is 1. The molecule has 130 valence electrons. The second-order valence-corrected chi connectivity index (χ2v) is 5.29. The molecule has 2 rings (SSSR count). The fourth-order valence-corrected chi connectivity index (χ4v) is 2.04. The zero-order valence-electron chi connectivity index (χ0n) is 13.7. The van der Waals surface area contributed by atoms with Crippen molar-refractivity contribution in [2.24, 2.45) is 10.1 Å². The van der Waals surface area contributed by atoms with E-state index >= 15 is 0 Å². The lowest BCUT2D eigenvalue weighted by Gasteiger charge is -2.01. The zero-order chi connectivity index (χ0) is 18.1. The van der Waals surface area contributed by atoms with E-state index in [1.807, 2.05) is 6.07 Å². The van der Waals surface area contributed by atoms with E-state index in [0.29, 0.717) is 16.7 Å². The van der Waals surface area contributed by atoms with E-state index in [-0.39, 0.29) is 19.0 Å². The summed E-state index contributed by atoms with van der Waals surface area (Å²) in [6.45, 7) is 2.07. The van der Waals surface area contributed by atoms with Gasteiger partial charge in [-0.05, 0) is 36.9 Å². The van der Waals surface area contributed by atoms with Gasteiger partial charge >= 0.3 is 5.97 Å².